The summed E-state index contributed by atoms with van der Waals surface area (Å²) in [5.41, 5.74) is 2.54. The van der Waals surface area contributed by atoms with E-state index < -0.39 is 12.8 Å². The average Bonchev–Trinajstić information content (AvgIpc) is 3.17. The van der Waals surface area contributed by atoms with Crippen molar-refractivity contribution < 1.29 is 17.9 Å². The van der Waals surface area contributed by atoms with E-state index in [0.717, 1.165) is 5.92 Å². The number of hydrogen-bond acceptors (Lipinski definition) is 2. The van der Waals surface area contributed by atoms with Crippen LogP contribution in [-0.4, -0.2) is 25.9 Å². The number of hydrogen-bond donors (Lipinski definition) is 1. The van der Waals surface area contributed by atoms with Gasteiger partial charge in [0.1, 0.15) is 6.61 Å². The Labute approximate surface area is 111 Å². The lowest BCUT2D eigenvalue weighted by Crippen LogP contribution is -2.23. The van der Waals surface area contributed by atoms with Gasteiger partial charge in [0, 0.05) is 13.1 Å². The number of rotatable bonds is 7. The Hall–Kier alpha value is -1.07. The first-order valence-corrected chi connectivity index (χ1v) is 6.49. The second kappa shape index (κ2) is 6.39. The van der Waals surface area contributed by atoms with Crippen molar-refractivity contribution in [2.45, 2.75) is 31.5 Å². The predicted molar refractivity (Wildman–Crippen MR) is 67.0 cm³/mol. The lowest BCUT2D eigenvalue weighted by atomic mass is 10.1. The first-order chi connectivity index (χ1) is 9.04. The number of nitrogens with one attached hydrogen (secondary N) is 1. The molecule has 1 aromatic rings. The Morgan fingerprint density at radius 3 is 2.74 bits per heavy atom. The van der Waals surface area contributed by atoms with Crippen LogP contribution in [0, 0.1) is 0 Å². The molecule has 2 nitrogen and oxygen atoms in total. The zero-order valence-electron chi connectivity index (χ0n) is 10.7. The van der Waals surface area contributed by atoms with Gasteiger partial charge in [0.15, 0.2) is 0 Å². The number of halogens is 3. The molecular weight excluding hydrogens is 255 g/mol. The Kier molecular flexibility index (Phi) is 4.82. The van der Waals surface area contributed by atoms with Gasteiger partial charge in [-0.15, -0.1) is 0 Å². The van der Waals surface area contributed by atoms with Crippen LogP contribution >= 0.6 is 0 Å². The van der Waals surface area contributed by atoms with Gasteiger partial charge in [-0.2, -0.15) is 13.2 Å². The SMILES string of the molecule is FC(F)(F)COCCNCc1cccc(C2CC2)c1. The number of alkyl halides is 3. The molecule has 0 spiro atoms. The molecule has 1 N–H and O–H groups in total. The third kappa shape index (κ3) is 5.61. The van der Waals surface area contributed by atoms with Crippen LogP contribution in [0.5, 0.6) is 0 Å². The Bertz CT molecular complexity index is 402. The highest BCUT2D eigenvalue weighted by atomic mass is 19.4. The molecule has 1 aliphatic carbocycles. The highest BCUT2D eigenvalue weighted by Crippen LogP contribution is 2.40. The molecule has 2 rings (SSSR count). The van der Waals surface area contributed by atoms with Crippen LogP contribution in [0.25, 0.3) is 0 Å². The lowest BCUT2D eigenvalue weighted by Gasteiger charge is -2.09. The van der Waals surface area contributed by atoms with Gasteiger partial charge in [0.25, 0.3) is 0 Å². The van der Waals surface area contributed by atoms with Crippen molar-refractivity contribution >= 4 is 0 Å². The van der Waals surface area contributed by atoms with Crippen LogP contribution in [0.3, 0.4) is 0 Å². The van der Waals surface area contributed by atoms with E-state index in [-0.39, 0.29) is 6.61 Å². The molecule has 0 bridgehead atoms. The first-order valence-electron chi connectivity index (χ1n) is 6.49. The van der Waals surface area contributed by atoms with Crippen LogP contribution in [0.4, 0.5) is 13.2 Å². The highest BCUT2D eigenvalue weighted by molar-refractivity contribution is 5.29. The van der Waals surface area contributed by atoms with Gasteiger partial charge in [-0.1, -0.05) is 24.3 Å². The van der Waals surface area contributed by atoms with Crippen LogP contribution < -0.4 is 5.32 Å². The summed E-state index contributed by atoms with van der Waals surface area (Å²) in [6, 6.07) is 8.36. The Balaban J connectivity index is 1.61. The molecule has 1 saturated carbocycles. The fourth-order valence-electron chi connectivity index (χ4n) is 1.94. The molecule has 0 amide bonds. The van der Waals surface area contributed by atoms with Crippen LogP contribution in [0.15, 0.2) is 24.3 Å². The van der Waals surface area contributed by atoms with Gasteiger partial charge in [-0.3, -0.25) is 0 Å². The van der Waals surface area contributed by atoms with Crippen molar-refractivity contribution in [1.82, 2.24) is 5.32 Å². The minimum absolute atomic E-state index is 0.0713. The van der Waals surface area contributed by atoms with Crippen molar-refractivity contribution in [3.63, 3.8) is 0 Å². The summed E-state index contributed by atoms with van der Waals surface area (Å²) in [4.78, 5) is 0. The molecule has 0 aromatic heterocycles. The van der Waals surface area contributed by atoms with Gasteiger partial charge in [-0.25, -0.2) is 0 Å². The second-order valence-corrected chi connectivity index (χ2v) is 4.86. The third-order valence-electron chi connectivity index (χ3n) is 3.02. The fourth-order valence-corrected chi connectivity index (χ4v) is 1.94. The van der Waals surface area contributed by atoms with E-state index in [1.54, 1.807) is 0 Å². The maximum absolute atomic E-state index is 11.8. The van der Waals surface area contributed by atoms with Crippen molar-refractivity contribution in [2.24, 2.45) is 0 Å². The molecule has 0 unspecified atom stereocenters. The summed E-state index contributed by atoms with van der Waals surface area (Å²) >= 11 is 0. The van der Waals surface area contributed by atoms with Crippen molar-refractivity contribution in [3.8, 4) is 0 Å². The zero-order chi connectivity index (χ0) is 13.7. The molecule has 0 saturated heterocycles. The average molecular weight is 273 g/mol. The van der Waals surface area contributed by atoms with Gasteiger partial charge >= 0.3 is 6.18 Å². The van der Waals surface area contributed by atoms with E-state index in [1.807, 2.05) is 12.1 Å². The number of benzene rings is 1. The molecule has 0 radical (unpaired) electrons. The summed E-state index contributed by atoms with van der Waals surface area (Å²) in [5.74, 6) is 0.718. The van der Waals surface area contributed by atoms with E-state index in [9.17, 15) is 13.2 Å². The molecule has 5 heteroatoms. The van der Waals surface area contributed by atoms with Crippen molar-refractivity contribution in [2.75, 3.05) is 19.8 Å². The van der Waals surface area contributed by atoms with Crippen LogP contribution in [0.2, 0.25) is 0 Å². The van der Waals surface area contributed by atoms with Crippen molar-refractivity contribution in [3.05, 3.63) is 35.4 Å². The smallest absolute Gasteiger partial charge is 0.371 e. The number of ether oxygens (including phenoxy) is 1. The summed E-state index contributed by atoms with van der Waals surface area (Å²) in [6.45, 7) is -0.0205. The van der Waals surface area contributed by atoms with E-state index in [2.05, 4.69) is 22.2 Å². The molecule has 0 atom stereocenters. The summed E-state index contributed by atoms with van der Waals surface area (Å²) in [7, 11) is 0. The molecule has 0 heterocycles. The molecule has 1 aliphatic rings. The standard InChI is InChI=1S/C14H18F3NO/c15-14(16,17)10-19-7-6-18-9-11-2-1-3-13(8-11)12-4-5-12/h1-3,8,12,18H,4-7,9-10H2. The molecule has 106 valence electrons. The van der Waals surface area contributed by atoms with Gasteiger partial charge in [0.2, 0.25) is 0 Å². The van der Waals surface area contributed by atoms with Crippen molar-refractivity contribution in [1.29, 1.82) is 0 Å². The Morgan fingerprint density at radius 2 is 2.05 bits per heavy atom. The molecule has 0 aliphatic heterocycles. The summed E-state index contributed by atoms with van der Waals surface area (Å²) < 4.78 is 40.0. The minimum Gasteiger partial charge on any atom is -0.371 e. The van der Waals surface area contributed by atoms with Gasteiger partial charge in [0.05, 0.1) is 6.61 Å². The topological polar surface area (TPSA) is 21.3 Å². The monoisotopic (exact) mass is 273 g/mol. The van der Waals surface area contributed by atoms with E-state index in [4.69, 9.17) is 0 Å². The fraction of sp³-hybridized carbons (Fsp3) is 0.571. The molecule has 1 aromatic carbocycles. The minimum atomic E-state index is -4.24. The highest BCUT2D eigenvalue weighted by Gasteiger charge is 2.27. The first kappa shape index (κ1) is 14.3. The quantitative estimate of drug-likeness (QED) is 0.770. The van der Waals surface area contributed by atoms with Crippen LogP contribution in [-0.2, 0) is 11.3 Å². The molecular formula is C14H18F3NO. The zero-order valence-corrected chi connectivity index (χ0v) is 10.7. The third-order valence-corrected chi connectivity index (χ3v) is 3.02. The van der Waals surface area contributed by atoms with Gasteiger partial charge < -0.3 is 10.1 Å². The lowest BCUT2D eigenvalue weighted by molar-refractivity contribution is -0.173. The molecule has 19 heavy (non-hydrogen) atoms. The maximum Gasteiger partial charge on any atom is 0.411 e. The normalized spacial score (nSPS) is 15.7. The predicted octanol–water partition coefficient (Wildman–Crippen LogP) is 3.23. The van der Waals surface area contributed by atoms with Gasteiger partial charge in [-0.05, 0) is 29.9 Å². The summed E-state index contributed by atoms with van der Waals surface area (Å²) in [5, 5.41) is 3.08. The van der Waals surface area contributed by atoms with E-state index in [0.29, 0.717) is 13.1 Å². The van der Waals surface area contributed by atoms with E-state index in [1.165, 1.54) is 24.0 Å². The largest absolute Gasteiger partial charge is 0.411 e. The van der Waals surface area contributed by atoms with E-state index >= 15 is 0 Å². The molecule has 1 fully saturated rings. The Morgan fingerprint density at radius 1 is 1.26 bits per heavy atom. The van der Waals surface area contributed by atoms with Crippen LogP contribution in [0.1, 0.15) is 29.9 Å². The second-order valence-electron chi connectivity index (χ2n) is 4.86. The summed E-state index contributed by atoms with van der Waals surface area (Å²) in [6.07, 6.45) is -1.71. The maximum atomic E-state index is 11.8.